The Morgan fingerprint density at radius 1 is 1.19 bits per heavy atom. The number of carboxylic acid groups (broad SMARTS) is 1. The van der Waals surface area contributed by atoms with Crippen molar-refractivity contribution >= 4 is 11.9 Å². The van der Waals surface area contributed by atoms with Gasteiger partial charge in [0.15, 0.2) is 17.5 Å². The number of morpholine rings is 1. The Hall–Kier alpha value is -2.28. The first kappa shape index (κ1) is 13.7. The molecule has 0 aliphatic carbocycles. The van der Waals surface area contributed by atoms with Gasteiger partial charge < -0.3 is 24.2 Å². The Bertz CT molecular complexity index is 573. The fourth-order valence-corrected chi connectivity index (χ4v) is 2.45. The molecule has 2 aliphatic rings. The van der Waals surface area contributed by atoms with Gasteiger partial charge in [-0.15, -0.1) is 0 Å². The number of ether oxygens (including phenoxy) is 3. The maximum atomic E-state index is 12.7. The normalized spacial score (nSPS) is 21.0. The quantitative estimate of drug-likeness (QED) is 0.848. The second-order valence-electron chi connectivity index (χ2n) is 4.76. The van der Waals surface area contributed by atoms with Gasteiger partial charge in [-0.1, -0.05) is 6.07 Å². The van der Waals surface area contributed by atoms with Crippen LogP contribution in [0.1, 0.15) is 10.4 Å². The molecular formula is C14H15NO6. The van der Waals surface area contributed by atoms with Crippen LogP contribution in [0.15, 0.2) is 18.2 Å². The first-order chi connectivity index (χ1) is 10.2. The number of para-hydroxylation sites is 1. The summed E-state index contributed by atoms with van der Waals surface area (Å²) in [5.74, 6) is -0.574. The van der Waals surface area contributed by atoms with Crippen LogP contribution in [0, 0.1) is 0 Å². The molecule has 7 nitrogen and oxygen atoms in total. The zero-order valence-corrected chi connectivity index (χ0v) is 11.3. The maximum Gasteiger partial charge on any atom is 0.328 e. The van der Waals surface area contributed by atoms with Gasteiger partial charge in [-0.05, 0) is 12.1 Å². The van der Waals surface area contributed by atoms with E-state index in [1.807, 2.05) is 0 Å². The van der Waals surface area contributed by atoms with Crippen molar-refractivity contribution in [3.05, 3.63) is 23.8 Å². The van der Waals surface area contributed by atoms with E-state index in [1.54, 1.807) is 18.2 Å². The number of carbonyl (C=O) groups is 2. The lowest BCUT2D eigenvalue weighted by Crippen LogP contribution is -2.52. The van der Waals surface area contributed by atoms with E-state index in [0.29, 0.717) is 36.9 Å². The largest absolute Gasteiger partial charge is 0.486 e. The number of aliphatic carboxylic acids is 1. The summed E-state index contributed by atoms with van der Waals surface area (Å²) in [4.78, 5) is 25.2. The van der Waals surface area contributed by atoms with Crippen molar-refractivity contribution in [1.29, 1.82) is 0 Å². The van der Waals surface area contributed by atoms with Crippen LogP contribution in [-0.4, -0.2) is 60.9 Å². The number of nitrogens with zero attached hydrogens (tertiary/aromatic N) is 1. The van der Waals surface area contributed by atoms with Crippen LogP contribution in [0.4, 0.5) is 0 Å². The molecule has 0 radical (unpaired) electrons. The summed E-state index contributed by atoms with van der Waals surface area (Å²) in [6.45, 7) is 1.35. The Balaban J connectivity index is 1.92. The highest BCUT2D eigenvalue weighted by molar-refractivity contribution is 5.99. The Morgan fingerprint density at radius 3 is 2.81 bits per heavy atom. The van der Waals surface area contributed by atoms with Crippen LogP contribution >= 0.6 is 0 Å². The predicted molar refractivity (Wildman–Crippen MR) is 70.7 cm³/mol. The summed E-state index contributed by atoms with van der Waals surface area (Å²) in [6.07, 6.45) is 0. The minimum atomic E-state index is -1.08. The van der Waals surface area contributed by atoms with Crippen molar-refractivity contribution in [2.24, 2.45) is 0 Å². The first-order valence-corrected chi connectivity index (χ1v) is 6.68. The Labute approximate surface area is 121 Å². The lowest BCUT2D eigenvalue weighted by atomic mass is 10.1. The SMILES string of the molecule is O=C(O)[C@@H]1COCCN1C(=O)c1cccc2c1OCCO2. The molecule has 21 heavy (non-hydrogen) atoms. The minimum Gasteiger partial charge on any atom is -0.486 e. The summed E-state index contributed by atoms with van der Waals surface area (Å²) in [6, 6.07) is 4.05. The van der Waals surface area contributed by atoms with Crippen molar-refractivity contribution in [3.8, 4) is 11.5 Å². The molecule has 1 amide bonds. The van der Waals surface area contributed by atoms with Crippen LogP contribution in [0.5, 0.6) is 11.5 Å². The van der Waals surface area contributed by atoms with Gasteiger partial charge in [0.05, 0.1) is 18.8 Å². The smallest absolute Gasteiger partial charge is 0.328 e. The third-order valence-corrected chi connectivity index (χ3v) is 3.47. The van der Waals surface area contributed by atoms with E-state index in [2.05, 4.69) is 0 Å². The fraction of sp³-hybridized carbons (Fsp3) is 0.429. The molecule has 1 fully saturated rings. The average Bonchev–Trinajstić information content (AvgIpc) is 2.53. The van der Waals surface area contributed by atoms with Crippen LogP contribution in [-0.2, 0) is 9.53 Å². The molecule has 1 aromatic carbocycles. The van der Waals surface area contributed by atoms with Crippen molar-refractivity contribution < 1.29 is 28.9 Å². The van der Waals surface area contributed by atoms with E-state index >= 15 is 0 Å². The van der Waals surface area contributed by atoms with Crippen molar-refractivity contribution in [1.82, 2.24) is 4.90 Å². The molecule has 0 bridgehead atoms. The van der Waals surface area contributed by atoms with Crippen molar-refractivity contribution in [2.75, 3.05) is 33.0 Å². The number of hydrogen-bond acceptors (Lipinski definition) is 5. The lowest BCUT2D eigenvalue weighted by Gasteiger charge is -2.33. The van der Waals surface area contributed by atoms with Gasteiger partial charge in [0.2, 0.25) is 0 Å². The molecule has 0 aromatic heterocycles. The van der Waals surface area contributed by atoms with E-state index in [-0.39, 0.29) is 19.1 Å². The first-order valence-electron chi connectivity index (χ1n) is 6.68. The number of rotatable bonds is 2. The van der Waals surface area contributed by atoms with Crippen LogP contribution < -0.4 is 9.47 Å². The highest BCUT2D eigenvalue weighted by Crippen LogP contribution is 2.34. The second-order valence-corrected chi connectivity index (χ2v) is 4.76. The van der Waals surface area contributed by atoms with Gasteiger partial charge in [-0.2, -0.15) is 0 Å². The molecule has 0 spiro atoms. The predicted octanol–water partition coefficient (Wildman–Crippen LogP) is 0.383. The number of amides is 1. The van der Waals surface area contributed by atoms with E-state index in [4.69, 9.17) is 14.2 Å². The number of hydrogen-bond donors (Lipinski definition) is 1. The highest BCUT2D eigenvalue weighted by atomic mass is 16.6. The summed E-state index contributed by atoms with van der Waals surface area (Å²) >= 11 is 0. The minimum absolute atomic E-state index is 0.00649. The molecule has 2 aliphatic heterocycles. The summed E-state index contributed by atoms with van der Waals surface area (Å²) in [7, 11) is 0. The molecule has 3 rings (SSSR count). The highest BCUT2D eigenvalue weighted by Gasteiger charge is 2.35. The molecule has 7 heteroatoms. The van der Waals surface area contributed by atoms with Gasteiger partial charge in [-0.3, -0.25) is 4.79 Å². The zero-order valence-electron chi connectivity index (χ0n) is 11.3. The van der Waals surface area contributed by atoms with E-state index in [9.17, 15) is 14.7 Å². The summed E-state index contributed by atoms with van der Waals surface area (Å²) in [5, 5.41) is 9.21. The van der Waals surface area contributed by atoms with Gasteiger partial charge in [0, 0.05) is 6.54 Å². The van der Waals surface area contributed by atoms with Gasteiger partial charge in [-0.25, -0.2) is 4.79 Å². The number of fused-ring (bicyclic) bond motifs is 1. The average molecular weight is 293 g/mol. The fourth-order valence-electron chi connectivity index (χ4n) is 2.45. The topological polar surface area (TPSA) is 85.3 Å². The summed E-state index contributed by atoms with van der Waals surface area (Å²) in [5.41, 5.74) is 0.320. The molecule has 112 valence electrons. The number of benzene rings is 1. The summed E-state index contributed by atoms with van der Waals surface area (Å²) < 4.78 is 16.1. The van der Waals surface area contributed by atoms with Gasteiger partial charge in [0.1, 0.15) is 13.2 Å². The number of carbonyl (C=O) groups excluding carboxylic acids is 1. The van der Waals surface area contributed by atoms with E-state index < -0.39 is 12.0 Å². The molecule has 2 heterocycles. The maximum absolute atomic E-state index is 12.7. The van der Waals surface area contributed by atoms with Crippen molar-refractivity contribution in [3.63, 3.8) is 0 Å². The van der Waals surface area contributed by atoms with Crippen molar-refractivity contribution in [2.45, 2.75) is 6.04 Å². The molecule has 0 unspecified atom stereocenters. The third-order valence-electron chi connectivity index (χ3n) is 3.47. The molecule has 1 saturated heterocycles. The molecular weight excluding hydrogens is 278 g/mol. The number of carboxylic acids is 1. The monoisotopic (exact) mass is 293 g/mol. The van der Waals surface area contributed by atoms with Gasteiger partial charge >= 0.3 is 5.97 Å². The Morgan fingerprint density at radius 2 is 2.00 bits per heavy atom. The van der Waals surface area contributed by atoms with Crippen LogP contribution in [0.2, 0.25) is 0 Å². The van der Waals surface area contributed by atoms with E-state index in [0.717, 1.165) is 0 Å². The van der Waals surface area contributed by atoms with Crippen LogP contribution in [0.25, 0.3) is 0 Å². The van der Waals surface area contributed by atoms with Crippen LogP contribution in [0.3, 0.4) is 0 Å². The lowest BCUT2D eigenvalue weighted by molar-refractivity contribution is -0.147. The molecule has 1 atom stereocenters. The third kappa shape index (κ3) is 2.52. The second kappa shape index (κ2) is 5.61. The van der Waals surface area contributed by atoms with Gasteiger partial charge in [0.25, 0.3) is 5.91 Å². The standard InChI is InChI=1S/C14H15NO6/c16-13(15-4-5-19-8-10(15)14(17)18)9-2-1-3-11-12(9)21-7-6-20-11/h1-3,10H,4-8H2,(H,17,18)/t10-/m0/s1. The molecule has 0 saturated carbocycles. The zero-order chi connectivity index (χ0) is 14.8. The molecule has 1 N–H and O–H groups in total. The van der Waals surface area contributed by atoms with E-state index in [1.165, 1.54) is 4.90 Å². The molecule has 1 aromatic rings. The Kier molecular flexibility index (Phi) is 3.66.